The number of carbonyl (C=O) groups is 1. The summed E-state index contributed by atoms with van der Waals surface area (Å²) in [4.78, 5) is 11.6. The highest BCUT2D eigenvalue weighted by Crippen LogP contribution is 2.11. The van der Waals surface area contributed by atoms with Gasteiger partial charge in [0, 0.05) is 12.1 Å². The van der Waals surface area contributed by atoms with Crippen LogP contribution in [-0.2, 0) is 6.42 Å². The van der Waals surface area contributed by atoms with Crippen molar-refractivity contribution in [1.82, 2.24) is 0 Å². The van der Waals surface area contributed by atoms with Crippen LogP contribution in [0.3, 0.4) is 0 Å². The SMILES string of the molecule is Nc1cccc(CCC(=O)c2ccco2)c1. The number of furan rings is 1. The molecule has 3 heteroatoms. The molecule has 0 saturated carbocycles. The van der Waals surface area contributed by atoms with E-state index in [9.17, 15) is 4.79 Å². The summed E-state index contributed by atoms with van der Waals surface area (Å²) in [6.07, 6.45) is 2.63. The highest BCUT2D eigenvalue weighted by molar-refractivity contribution is 5.93. The molecule has 2 aromatic rings. The maximum Gasteiger partial charge on any atom is 0.198 e. The molecule has 2 rings (SSSR count). The molecule has 0 aliphatic rings. The number of benzene rings is 1. The second-order valence-corrected chi connectivity index (χ2v) is 3.65. The minimum Gasteiger partial charge on any atom is -0.461 e. The van der Waals surface area contributed by atoms with E-state index >= 15 is 0 Å². The van der Waals surface area contributed by atoms with Crippen LogP contribution in [0.2, 0.25) is 0 Å². The average Bonchev–Trinajstić information content (AvgIpc) is 2.79. The Labute approximate surface area is 93.9 Å². The van der Waals surface area contributed by atoms with Gasteiger partial charge in [-0.2, -0.15) is 0 Å². The van der Waals surface area contributed by atoms with E-state index in [1.165, 1.54) is 6.26 Å². The summed E-state index contributed by atoms with van der Waals surface area (Å²) in [5.74, 6) is 0.441. The van der Waals surface area contributed by atoms with E-state index in [-0.39, 0.29) is 5.78 Å². The van der Waals surface area contributed by atoms with Crippen molar-refractivity contribution in [2.45, 2.75) is 12.8 Å². The third-order valence-corrected chi connectivity index (χ3v) is 2.39. The maximum absolute atomic E-state index is 11.6. The predicted molar refractivity (Wildman–Crippen MR) is 62.2 cm³/mol. The van der Waals surface area contributed by atoms with Gasteiger partial charge in [-0.25, -0.2) is 0 Å². The van der Waals surface area contributed by atoms with Crippen molar-refractivity contribution in [3.8, 4) is 0 Å². The van der Waals surface area contributed by atoms with Gasteiger partial charge in [0.05, 0.1) is 6.26 Å². The first-order chi connectivity index (χ1) is 7.75. The van der Waals surface area contributed by atoms with Crippen molar-refractivity contribution in [2.24, 2.45) is 0 Å². The van der Waals surface area contributed by atoms with E-state index in [0.29, 0.717) is 18.6 Å². The van der Waals surface area contributed by atoms with Crippen molar-refractivity contribution in [3.63, 3.8) is 0 Å². The third-order valence-electron chi connectivity index (χ3n) is 2.39. The lowest BCUT2D eigenvalue weighted by Crippen LogP contribution is -1.99. The zero-order valence-corrected chi connectivity index (χ0v) is 8.85. The van der Waals surface area contributed by atoms with Crippen LogP contribution >= 0.6 is 0 Å². The Morgan fingerprint density at radius 1 is 1.25 bits per heavy atom. The zero-order valence-electron chi connectivity index (χ0n) is 8.85. The highest BCUT2D eigenvalue weighted by Gasteiger charge is 2.08. The minimum absolute atomic E-state index is 0.0208. The summed E-state index contributed by atoms with van der Waals surface area (Å²) in [6.45, 7) is 0. The van der Waals surface area contributed by atoms with Crippen LogP contribution in [0.4, 0.5) is 5.69 Å². The molecular weight excluding hydrogens is 202 g/mol. The van der Waals surface area contributed by atoms with Gasteiger partial charge in [-0.15, -0.1) is 0 Å². The van der Waals surface area contributed by atoms with Crippen LogP contribution in [0.25, 0.3) is 0 Å². The smallest absolute Gasteiger partial charge is 0.198 e. The Morgan fingerprint density at radius 3 is 2.81 bits per heavy atom. The molecular formula is C13H13NO2. The molecule has 82 valence electrons. The molecule has 0 aliphatic heterocycles. The van der Waals surface area contributed by atoms with Gasteiger partial charge in [0.1, 0.15) is 0 Å². The number of ketones is 1. The van der Waals surface area contributed by atoms with E-state index in [1.807, 2.05) is 24.3 Å². The van der Waals surface area contributed by atoms with E-state index in [2.05, 4.69) is 0 Å². The van der Waals surface area contributed by atoms with Crippen molar-refractivity contribution in [3.05, 3.63) is 54.0 Å². The Bertz CT molecular complexity index is 474. The summed E-state index contributed by atoms with van der Waals surface area (Å²) in [5, 5.41) is 0. The monoisotopic (exact) mass is 215 g/mol. The molecule has 0 saturated heterocycles. The van der Waals surface area contributed by atoms with Crippen molar-refractivity contribution < 1.29 is 9.21 Å². The fraction of sp³-hybridized carbons (Fsp3) is 0.154. The lowest BCUT2D eigenvalue weighted by atomic mass is 10.1. The van der Waals surface area contributed by atoms with Gasteiger partial charge < -0.3 is 10.2 Å². The molecule has 0 bridgehead atoms. The Morgan fingerprint density at radius 2 is 2.12 bits per heavy atom. The number of aryl methyl sites for hydroxylation is 1. The number of rotatable bonds is 4. The van der Waals surface area contributed by atoms with Gasteiger partial charge in [0.15, 0.2) is 11.5 Å². The lowest BCUT2D eigenvalue weighted by Gasteiger charge is -2.00. The number of hydrogen-bond donors (Lipinski definition) is 1. The average molecular weight is 215 g/mol. The molecule has 2 N–H and O–H groups in total. The predicted octanol–water partition coefficient (Wildman–Crippen LogP) is 2.68. The quantitative estimate of drug-likeness (QED) is 0.630. The normalized spacial score (nSPS) is 10.2. The summed E-state index contributed by atoms with van der Waals surface area (Å²) < 4.78 is 5.03. The third kappa shape index (κ3) is 2.51. The molecule has 0 atom stereocenters. The number of nitrogens with two attached hydrogens (primary N) is 1. The molecule has 1 heterocycles. The van der Waals surface area contributed by atoms with Crippen molar-refractivity contribution in [1.29, 1.82) is 0 Å². The fourth-order valence-electron chi connectivity index (χ4n) is 1.57. The second kappa shape index (κ2) is 4.66. The minimum atomic E-state index is 0.0208. The summed E-state index contributed by atoms with van der Waals surface area (Å²) in [6, 6.07) is 11.0. The van der Waals surface area contributed by atoms with Crippen LogP contribution in [0.1, 0.15) is 22.5 Å². The molecule has 0 aliphatic carbocycles. The Kier molecular flexibility index (Phi) is 3.05. The van der Waals surface area contributed by atoms with E-state index < -0.39 is 0 Å². The first kappa shape index (κ1) is 10.5. The summed E-state index contributed by atoms with van der Waals surface area (Å²) in [7, 11) is 0. The van der Waals surface area contributed by atoms with Crippen molar-refractivity contribution >= 4 is 11.5 Å². The number of hydrogen-bond acceptors (Lipinski definition) is 3. The summed E-state index contributed by atoms with van der Waals surface area (Å²) in [5.41, 5.74) is 7.45. The molecule has 3 nitrogen and oxygen atoms in total. The Balaban J connectivity index is 1.95. The van der Waals surface area contributed by atoms with Gasteiger partial charge in [0.2, 0.25) is 0 Å². The van der Waals surface area contributed by atoms with Gasteiger partial charge in [-0.05, 0) is 36.2 Å². The molecule has 16 heavy (non-hydrogen) atoms. The Hall–Kier alpha value is -2.03. The standard InChI is InChI=1S/C13H13NO2/c14-11-4-1-3-10(9-11)6-7-12(15)13-5-2-8-16-13/h1-5,8-9H,6-7,14H2. The number of nitrogen functional groups attached to an aromatic ring is 1. The van der Waals surface area contributed by atoms with Gasteiger partial charge in [-0.3, -0.25) is 4.79 Å². The second-order valence-electron chi connectivity index (χ2n) is 3.65. The molecule has 0 spiro atoms. The largest absolute Gasteiger partial charge is 0.461 e. The van der Waals surface area contributed by atoms with Crippen LogP contribution in [0.15, 0.2) is 47.1 Å². The molecule has 0 radical (unpaired) electrons. The van der Waals surface area contributed by atoms with Gasteiger partial charge >= 0.3 is 0 Å². The van der Waals surface area contributed by atoms with E-state index in [4.69, 9.17) is 10.2 Å². The lowest BCUT2D eigenvalue weighted by molar-refractivity contribution is 0.0956. The van der Waals surface area contributed by atoms with Crippen LogP contribution in [-0.4, -0.2) is 5.78 Å². The number of carbonyl (C=O) groups excluding carboxylic acids is 1. The number of Topliss-reactive ketones (excluding diaryl/α,β-unsaturated/α-hetero) is 1. The maximum atomic E-state index is 11.6. The van der Waals surface area contributed by atoms with Crippen LogP contribution in [0, 0.1) is 0 Å². The highest BCUT2D eigenvalue weighted by atomic mass is 16.3. The first-order valence-electron chi connectivity index (χ1n) is 5.17. The number of anilines is 1. The van der Waals surface area contributed by atoms with Crippen LogP contribution < -0.4 is 5.73 Å². The molecule has 0 fully saturated rings. The van der Waals surface area contributed by atoms with Gasteiger partial charge in [-0.1, -0.05) is 12.1 Å². The zero-order chi connectivity index (χ0) is 11.4. The molecule has 1 aromatic carbocycles. The summed E-state index contributed by atoms with van der Waals surface area (Å²) >= 11 is 0. The van der Waals surface area contributed by atoms with Crippen molar-refractivity contribution in [2.75, 3.05) is 5.73 Å². The van der Waals surface area contributed by atoms with Crippen LogP contribution in [0.5, 0.6) is 0 Å². The van der Waals surface area contributed by atoms with E-state index in [0.717, 1.165) is 11.3 Å². The fourth-order valence-corrected chi connectivity index (χ4v) is 1.57. The molecule has 0 amide bonds. The topological polar surface area (TPSA) is 56.2 Å². The van der Waals surface area contributed by atoms with Gasteiger partial charge in [0.25, 0.3) is 0 Å². The van der Waals surface area contributed by atoms with E-state index in [1.54, 1.807) is 12.1 Å². The first-order valence-corrected chi connectivity index (χ1v) is 5.17. The molecule has 0 unspecified atom stereocenters. The molecule has 1 aromatic heterocycles.